The summed E-state index contributed by atoms with van der Waals surface area (Å²) in [6.07, 6.45) is 5.86. The molecule has 0 saturated heterocycles. The highest BCUT2D eigenvalue weighted by Crippen LogP contribution is 2.31. The van der Waals surface area contributed by atoms with Crippen LogP contribution in [0.4, 0.5) is 0 Å². The molecule has 0 radical (unpaired) electrons. The van der Waals surface area contributed by atoms with Gasteiger partial charge in [0.15, 0.2) is 0 Å². The molecule has 12 heavy (non-hydrogen) atoms. The van der Waals surface area contributed by atoms with Crippen molar-refractivity contribution in [2.24, 2.45) is 0 Å². The van der Waals surface area contributed by atoms with Crippen molar-refractivity contribution in [2.45, 2.75) is 43.8 Å². The maximum Gasteiger partial charge on any atom is 0.0137 e. The summed E-state index contributed by atoms with van der Waals surface area (Å²) in [6.45, 7) is 2.21. The van der Waals surface area contributed by atoms with Gasteiger partial charge in [-0.15, -0.1) is 0 Å². The van der Waals surface area contributed by atoms with Crippen molar-refractivity contribution in [3.8, 4) is 0 Å². The van der Waals surface area contributed by atoms with Crippen molar-refractivity contribution in [1.29, 1.82) is 0 Å². The highest BCUT2D eigenvalue weighted by atomic mass is 32.1. The van der Waals surface area contributed by atoms with Crippen LogP contribution in [0.15, 0.2) is 0 Å². The van der Waals surface area contributed by atoms with Gasteiger partial charge < -0.3 is 0 Å². The van der Waals surface area contributed by atoms with Crippen LogP contribution in [0.2, 0.25) is 0 Å². The Morgan fingerprint density at radius 1 is 1.00 bits per heavy atom. The molecule has 1 atom stereocenters. The molecule has 0 rings (SSSR count). The number of rotatable bonds is 7. The predicted molar refractivity (Wildman–Crippen MR) is 68.2 cm³/mol. The summed E-state index contributed by atoms with van der Waals surface area (Å²) in [4.78, 5) is 0. The van der Waals surface area contributed by atoms with Gasteiger partial charge in [0.05, 0.1) is 0 Å². The zero-order valence-electron chi connectivity index (χ0n) is 7.79. The van der Waals surface area contributed by atoms with Crippen LogP contribution in [0.1, 0.15) is 39.0 Å². The molecule has 0 amide bonds. The van der Waals surface area contributed by atoms with Crippen LogP contribution in [0.25, 0.3) is 0 Å². The van der Waals surface area contributed by atoms with Gasteiger partial charge in [-0.1, -0.05) is 13.3 Å². The van der Waals surface area contributed by atoms with Gasteiger partial charge in [-0.3, -0.25) is 0 Å². The third kappa shape index (κ3) is 5.65. The van der Waals surface area contributed by atoms with Crippen molar-refractivity contribution in [3.63, 3.8) is 0 Å². The maximum atomic E-state index is 4.73. The molecule has 0 aliphatic carbocycles. The normalized spacial score (nSPS) is 16.0. The zero-order valence-corrected chi connectivity index (χ0v) is 10.5. The zero-order chi connectivity index (χ0) is 9.45. The molecule has 0 saturated carbocycles. The van der Waals surface area contributed by atoms with E-state index in [1.165, 1.54) is 25.7 Å². The lowest BCUT2D eigenvalue weighted by atomic mass is 9.94. The van der Waals surface area contributed by atoms with E-state index in [9.17, 15) is 0 Å². The summed E-state index contributed by atoms with van der Waals surface area (Å²) in [5.41, 5.74) is 0. The highest BCUT2D eigenvalue weighted by molar-refractivity contribution is 7.82. The second-order valence-corrected chi connectivity index (χ2v) is 5.12. The Labute approximate surface area is 93.1 Å². The van der Waals surface area contributed by atoms with Crippen LogP contribution in [0.5, 0.6) is 0 Å². The lowest BCUT2D eigenvalue weighted by Gasteiger charge is -2.27. The lowest BCUT2D eigenvalue weighted by Crippen LogP contribution is -2.22. The second kappa shape index (κ2) is 7.45. The van der Waals surface area contributed by atoms with Gasteiger partial charge in [-0.25, -0.2) is 0 Å². The predicted octanol–water partition coefficient (Wildman–Crippen LogP) is 3.49. The first-order valence-electron chi connectivity index (χ1n) is 4.62. The van der Waals surface area contributed by atoms with E-state index in [-0.39, 0.29) is 4.75 Å². The third-order valence-electron chi connectivity index (χ3n) is 2.09. The summed E-state index contributed by atoms with van der Waals surface area (Å²) in [5.74, 6) is 1.91. The Bertz CT molecular complexity index is 97.9. The Balaban J connectivity index is 3.80. The molecule has 0 aliphatic heterocycles. The van der Waals surface area contributed by atoms with Gasteiger partial charge in [-0.05, 0) is 37.2 Å². The Morgan fingerprint density at radius 3 is 2.08 bits per heavy atom. The molecule has 0 N–H and O–H groups in total. The molecule has 0 fully saturated rings. The summed E-state index contributed by atoms with van der Waals surface area (Å²) in [6, 6.07) is 0. The molecular weight excluding hydrogens is 204 g/mol. The molecule has 0 aromatic carbocycles. The smallest absolute Gasteiger partial charge is 0.0137 e. The van der Waals surface area contributed by atoms with Crippen LogP contribution in [0, 0.1) is 0 Å². The molecule has 0 spiro atoms. The largest absolute Gasteiger partial charge is 0.179 e. The van der Waals surface area contributed by atoms with Crippen molar-refractivity contribution in [2.75, 3.05) is 11.5 Å². The van der Waals surface area contributed by atoms with Gasteiger partial charge in [0, 0.05) is 4.75 Å². The average molecular weight is 224 g/mol. The lowest BCUT2D eigenvalue weighted by molar-refractivity contribution is 0.485. The molecule has 0 nitrogen and oxygen atoms in total. The van der Waals surface area contributed by atoms with E-state index in [0.29, 0.717) is 0 Å². The SMILES string of the molecule is CCCC(S)(CCS)CCCS. The summed E-state index contributed by atoms with van der Waals surface area (Å²) in [5, 5.41) is 0. The fraction of sp³-hybridized carbons (Fsp3) is 1.00. The molecule has 0 aromatic rings. The minimum atomic E-state index is 0.221. The fourth-order valence-corrected chi connectivity index (χ4v) is 2.71. The quantitative estimate of drug-likeness (QED) is 0.542. The Hall–Kier alpha value is 1.05. The number of hydrogen-bond donors (Lipinski definition) is 3. The number of thiol groups is 3. The summed E-state index contributed by atoms with van der Waals surface area (Å²) >= 11 is 13.2. The van der Waals surface area contributed by atoms with Crippen LogP contribution in [-0.2, 0) is 0 Å². The summed E-state index contributed by atoms with van der Waals surface area (Å²) in [7, 11) is 0. The molecule has 74 valence electrons. The molecule has 0 bridgehead atoms. The van der Waals surface area contributed by atoms with Crippen LogP contribution >= 0.6 is 37.9 Å². The molecule has 3 heteroatoms. The van der Waals surface area contributed by atoms with Crippen molar-refractivity contribution < 1.29 is 0 Å². The van der Waals surface area contributed by atoms with E-state index in [2.05, 4.69) is 32.2 Å². The van der Waals surface area contributed by atoms with E-state index < -0.39 is 0 Å². The van der Waals surface area contributed by atoms with Crippen molar-refractivity contribution in [1.82, 2.24) is 0 Å². The minimum Gasteiger partial charge on any atom is -0.179 e. The molecule has 0 aromatic heterocycles. The fourth-order valence-electron chi connectivity index (χ4n) is 1.46. The van der Waals surface area contributed by atoms with Gasteiger partial charge in [0.25, 0.3) is 0 Å². The van der Waals surface area contributed by atoms with Gasteiger partial charge in [-0.2, -0.15) is 37.9 Å². The van der Waals surface area contributed by atoms with Crippen LogP contribution < -0.4 is 0 Å². The van der Waals surface area contributed by atoms with E-state index in [1.54, 1.807) is 0 Å². The van der Waals surface area contributed by atoms with E-state index in [4.69, 9.17) is 12.6 Å². The first-order chi connectivity index (χ1) is 5.68. The van der Waals surface area contributed by atoms with E-state index >= 15 is 0 Å². The van der Waals surface area contributed by atoms with E-state index in [1.807, 2.05) is 0 Å². The first kappa shape index (κ1) is 13.1. The molecule has 0 aliphatic rings. The molecule has 1 unspecified atom stereocenters. The Morgan fingerprint density at radius 2 is 1.67 bits per heavy atom. The van der Waals surface area contributed by atoms with Crippen LogP contribution in [-0.4, -0.2) is 16.3 Å². The van der Waals surface area contributed by atoms with Crippen molar-refractivity contribution >= 4 is 37.9 Å². The van der Waals surface area contributed by atoms with Gasteiger partial charge >= 0.3 is 0 Å². The van der Waals surface area contributed by atoms with Gasteiger partial charge in [0.2, 0.25) is 0 Å². The second-order valence-electron chi connectivity index (χ2n) is 3.28. The maximum absolute atomic E-state index is 4.73. The molecular formula is C9H20S3. The van der Waals surface area contributed by atoms with Gasteiger partial charge in [0.1, 0.15) is 0 Å². The number of hydrogen-bond acceptors (Lipinski definition) is 3. The first-order valence-corrected chi connectivity index (χ1v) is 6.34. The monoisotopic (exact) mass is 224 g/mol. The average Bonchev–Trinajstić information content (AvgIpc) is 2.02. The topological polar surface area (TPSA) is 0 Å². The minimum absolute atomic E-state index is 0.221. The van der Waals surface area contributed by atoms with E-state index in [0.717, 1.165) is 17.9 Å². The van der Waals surface area contributed by atoms with Crippen molar-refractivity contribution in [3.05, 3.63) is 0 Å². The summed E-state index contributed by atoms with van der Waals surface area (Å²) < 4.78 is 0.221. The highest BCUT2D eigenvalue weighted by Gasteiger charge is 2.22. The standard InChI is InChI=1S/C9H20S3/c1-2-4-9(12,6-8-11)5-3-7-10/h10-12H,2-8H2,1H3. The molecule has 0 heterocycles. The van der Waals surface area contributed by atoms with Crippen LogP contribution in [0.3, 0.4) is 0 Å². The Kier molecular flexibility index (Phi) is 8.11. The third-order valence-corrected chi connectivity index (χ3v) is 3.30.